The van der Waals surface area contributed by atoms with Crippen LogP contribution in [-0.4, -0.2) is 0 Å². The average Bonchev–Trinajstić information content (AvgIpc) is 2.62. The van der Waals surface area contributed by atoms with E-state index in [2.05, 4.69) is 68.2 Å². The van der Waals surface area contributed by atoms with Crippen LogP contribution in [0.1, 0.15) is 53.6 Å². The van der Waals surface area contributed by atoms with Crippen molar-refractivity contribution in [3.05, 3.63) is 88.2 Å². The van der Waals surface area contributed by atoms with Gasteiger partial charge in [0.2, 0.25) is 0 Å². The van der Waals surface area contributed by atoms with Gasteiger partial charge in [-0.3, -0.25) is 0 Å². The molecule has 0 saturated heterocycles. The highest BCUT2D eigenvalue weighted by Gasteiger charge is 2.17. The maximum atomic E-state index is 5.85. The summed E-state index contributed by atoms with van der Waals surface area (Å²) in [6, 6.07) is 0. The highest BCUT2D eigenvalue weighted by molar-refractivity contribution is 5.79. The van der Waals surface area contributed by atoms with E-state index in [9.17, 15) is 0 Å². The van der Waals surface area contributed by atoms with E-state index in [1.54, 1.807) is 6.08 Å². The van der Waals surface area contributed by atoms with Gasteiger partial charge in [-0.25, -0.2) is 0 Å². The molecule has 26 heavy (non-hydrogen) atoms. The Balaban J connectivity index is 3.48. The Labute approximate surface area is 160 Å². The van der Waals surface area contributed by atoms with Crippen LogP contribution in [0.5, 0.6) is 0 Å². The summed E-state index contributed by atoms with van der Waals surface area (Å²) in [5.74, 6) is 0.282. The second kappa shape index (κ2) is 8.89. The summed E-state index contributed by atoms with van der Waals surface area (Å²) < 4.78 is 0. The van der Waals surface area contributed by atoms with Crippen LogP contribution in [0.4, 0.5) is 0 Å². The van der Waals surface area contributed by atoms with Crippen LogP contribution in [0.25, 0.3) is 5.57 Å². The van der Waals surface area contributed by atoms with Gasteiger partial charge in [-0.2, -0.15) is 0 Å². The lowest BCUT2D eigenvalue weighted by atomic mass is 9.82. The smallest absolute Gasteiger partial charge is 0.0267 e. The van der Waals surface area contributed by atoms with Crippen molar-refractivity contribution in [1.82, 2.24) is 0 Å². The molecule has 0 fully saturated rings. The number of hydrogen-bond acceptors (Lipinski definition) is 1. The van der Waals surface area contributed by atoms with Gasteiger partial charge in [-0.15, -0.1) is 0 Å². The van der Waals surface area contributed by atoms with Gasteiger partial charge in [0.05, 0.1) is 0 Å². The minimum atomic E-state index is 0.282. The van der Waals surface area contributed by atoms with E-state index in [0.717, 1.165) is 17.6 Å². The van der Waals surface area contributed by atoms with E-state index in [4.69, 9.17) is 5.73 Å². The third kappa shape index (κ3) is 4.27. The molecule has 0 bridgehead atoms. The van der Waals surface area contributed by atoms with Crippen molar-refractivity contribution in [3.8, 4) is 0 Å². The molecule has 1 heteroatoms. The van der Waals surface area contributed by atoms with Crippen molar-refractivity contribution in [2.75, 3.05) is 0 Å². The van der Waals surface area contributed by atoms with Crippen molar-refractivity contribution in [2.24, 2.45) is 11.7 Å². The minimum absolute atomic E-state index is 0.282. The largest absolute Gasteiger partial charge is 0.399 e. The molecule has 0 aliphatic rings. The molecule has 0 heterocycles. The van der Waals surface area contributed by atoms with E-state index in [-0.39, 0.29) is 5.92 Å². The van der Waals surface area contributed by atoms with E-state index in [1.807, 2.05) is 12.2 Å². The van der Waals surface area contributed by atoms with Crippen LogP contribution < -0.4 is 5.73 Å². The molecule has 0 aliphatic heterocycles. The third-order valence-corrected chi connectivity index (χ3v) is 5.87. The van der Waals surface area contributed by atoms with Gasteiger partial charge in [-0.05, 0) is 110 Å². The fraction of sp³-hybridized carbons (Fsp3) is 0.360. The summed E-state index contributed by atoms with van der Waals surface area (Å²) in [4.78, 5) is 0. The Bertz CT molecular complexity index is 771. The van der Waals surface area contributed by atoms with Crippen LogP contribution in [0.3, 0.4) is 0 Å². The van der Waals surface area contributed by atoms with Crippen molar-refractivity contribution in [1.29, 1.82) is 0 Å². The van der Waals surface area contributed by atoms with Crippen molar-refractivity contribution < 1.29 is 0 Å². The maximum absolute atomic E-state index is 5.85. The Morgan fingerprint density at radius 2 is 1.38 bits per heavy atom. The lowest BCUT2D eigenvalue weighted by Crippen LogP contribution is -2.06. The third-order valence-electron chi connectivity index (χ3n) is 5.87. The second-order valence-corrected chi connectivity index (χ2v) is 7.31. The first-order valence-electron chi connectivity index (χ1n) is 9.26. The predicted molar refractivity (Wildman–Crippen MR) is 118 cm³/mol. The normalized spacial score (nSPS) is 13.9. The Morgan fingerprint density at radius 3 is 1.81 bits per heavy atom. The standard InChI is InChI=1S/C25H35N/c1-11-23(26)14-13-15(3)16(4)24(12-2)22(10)25-20(8)18(6)17(5)19(7)21(25)9/h11-12,14-15H,1-2,4,13,26H2,3,5-10H3/b23-14+,24-22+. The maximum Gasteiger partial charge on any atom is 0.0267 e. The molecule has 0 radical (unpaired) electrons. The molecule has 1 aromatic rings. The summed E-state index contributed by atoms with van der Waals surface area (Å²) in [5, 5.41) is 0. The van der Waals surface area contributed by atoms with Gasteiger partial charge in [0.15, 0.2) is 0 Å². The lowest BCUT2D eigenvalue weighted by molar-refractivity contribution is 0.706. The summed E-state index contributed by atoms with van der Waals surface area (Å²) in [6.45, 7) is 27.6. The van der Waals surface area contributed by atoms with Gasteiger partial charge in [-0.1, -0.05) is 38.8 Å². The van der Waals surface area contributed by atoms with E-state index in [0.29, 0.717) is 5.70 Å². The molecule has 0 aromatic heterocycles. The molecule has 1 unspecified atom stereocenters. The fourth-order valence-corrected chi connectivity index (χ4v) is 3.53. The topological polar surface area (TPSA) is 26.0 Å². The van der Waals surface area contributed by atoms with Crippen molar-refractivity contribution in [2.45, 2.75) is 54.9 Å². The van der Waals surface area contributed by atoms with Crippen molar-refractivity contribution >= 4 is 5.57 Å². The van der Waals surface area contributed by atoms with Crippen LogP contribution in [0, 0.1) is 40.5 Å². The monoisotopic (exact) mass is 349 g/mol. The predicted octanol–water partition coefficient (Wildman–Crippen LogP) is 6.80. The first kappa shape index (κ1) is 21.8. The zero-order chi connectivity index (χ0) is 20.2. The summed E-state index contributed by atoms with van der Waals surface area (Å²) in [6.07, 6.45) is 6.47. The summed E-state index contributed by atoms with van der Waals surface area (Å²) in [5.41, 5.74) is 18.2. The van der Waals surface area contributed by atoms with Crippen LogP contribution in [-0.2, 0) is 0 Å². The Kier molecular flexibility index (Phi) is 7.44. The van der Waals surface area contributed by atoms with Gasteiger partial charge in [0.25, 0.3) is 0 Å². The number of nitrogens with two attached hydrogens (primary N) is 1. The second-order valence-electron chi connectivity index (χ2n) is 7.31. The highest BCUT2D eigenvalue weighted by atomic mass is 14.5. The quantitative estimate of drug-likeness (QED) is 0.538. The molecule has 0 spiro atoms. The molecular formula is C25H35N. The number of allylic oxidation sites excluding steroid dienone is 6. The van der Waals surface area contributed by atoms with Crippen LogP contribution in [0.2, 0.25) is 0 Å². The minimum Gasteiger partial charge on any atom is -0.399 e. The molecule has 1 rings (SSSR count). The van der Waals surface area contributed by atoms with Gasteiger partial charge >= 0.3 is 0 Å². The molecule has 1 atom stereocenters. The number of benzene rings is 1. The fourth-order valence-electron chi connectivity index (χ4n) is 3.53. The molecule has 0 saturated carbocycles. The zero-order valence-corrected chi connectivity index (χ0v) is 17.7. The van der Waals surface area contributed by atoms with Crippen LogP contribution in [0.15, 0.2) is 54.8 Å². The SMILES string of the molecule is C=C/C(N)=C\CC(C)C(=C)/C(C=C)=C(\C)c1c(C)c(C)c(C)c(C)c1C. The Hall–Kier alpha value is -2.28. The lowest BCUT2D eigenvalue weighted by Gasteiger charge is -2.23. The van der Waals surface area contributed by atoms with Crippen molar-refractivity contribution in [3.63, 3.8) is 0 Å². The molecule has 140 valence electrons. The number of hydrogen-bond donors (Lipinski definition) is 1. The molecule has 1 aromatic carbocycles. The van der Waals surface area contributed by atoms with E-state index >= 15 is 0 Å². The number of rotatable bonds is 7. The summed E-state index contributed by atoms with van der Waals surface area (Å²) >= 11 is 0. The Morgan fingerprint density at radius 1 is 0.923 bits per heavy atom. The summed E-state index contributed by atoms with van der Waals surface area (Å²) in [7, 11) is 0. The molecule has 0 amide bonds. The zero-order valence-electron chi connectivity index (χ0n) is 17.7. The molecule has 2 N–H and O–H groups in total. The van der Waals surface area contributed by atoms with Gasteiger partial charge in [0.1, 0.15) is 0 Å². The first-order valence-corrected chi connectivity index (χ1v) is 9.26. The van der Waals surface area contributed by atoms with Gasteiger partial charge < -0.3 is 5.73 Å². The molecular weight excluding hydrogens is 314 g/mol. The van der Waals surface area contributed by atoms with E-state index in [1.165, 1.54) is 39.0 Å². The highest BCUT2D eigenvalue weighted by Crippen LogP contribution is 2.35. The van der Waals surface area contributed by atoms with E-state index < -0.39 is 0 Å². The van der Waals surface area contributed by atoms with Gasteiger partial charge in [0, 0.05) is 5.70 Å². The molecule has 1 nitrogen and oxygen atoms in total. The first-order chi connectivity index (χ1) is 12.1. The van der Waals surface area contributed by atoms with Crippen LogP contribution >= 0.6 is 0 Å². The molecule has 0 aliphatic carbocycles. The average molecular weight is 350 g/mol.